The Labute approximate surface area is 47.1 Å². The van der Waals surface area contributed by atoms with Crippen molar-refractivity contribution in [1.29, 1.82) is 5.26 Å². The van der Waals surface area contributed by atoms with Crippen molar-refractivity contribution in [2.45, 2.75) is 18.8 Å². The van der Waals surface area contributed by atoms with Crippen LogP contribution in [-0.4, -0.2) is 10.0 Å². The predicted octanol–water partition coefficient (Wildman–Crippen LogP) is 0.929. The Kier molecular flexibility index (Phi) is 2.13. The van der Waals surface area contributed by atoms with E-state index in [1.165, 1.54) is 0 Å². The van der Waals surface area contributed by atoms with E-state index in [9.17, 15) is 0 Å². The first-order valence-electron chi connectivity index (χ1n) is 1.86. The largest absolute Gasteiger partial charge is 0.379 e. The molecule has 0 amide bonds. The highest BCUT2D eigenvalue weighted by Gasteiger charge is 2.10. The van der Waals surface area contributed by atoms with Gasteiger partial charge in [-0.3, -0.25) is 0 Å². The van der Waals surface area contributed by atoms with Gasteiger partial charge in [0.05, 0.1) is 0 Å². The van der Waals surface area contributed by atoms with Crippen molar-refractivity contribution in [3.8, 4) is 5.40 Å². The molecule has 2 nitrogen and oxygen atoms in total. The summed E-state index contributed by atoms with van der Waals surface area (Å²) in [7, 11) is 0. The van der Waals surface area contributed by atoms with Gasteiger partial charge in [-0.15, -0.1) is 0 Å². The number of thiocyanates is 1. The average Bonchev–Trinajstić information content (AvgIpc) is 1.30. The second kappa shape index (κ2) is 2.20. The van der Waals surface area contributed by atoms with Gasteiger partial charge < -0.3 is 5.11 Å². The minimum absolute atomic E-state index is 0.850. The van der Waals surface area contributed by atoms with Gasteiger partial charge in [0.25, 0.3) is 0 Å². The van der Waals surface area contributed by atoms with Gasteiger partial charge in [0.2, 0.25) is 0 Å². The molecule has 0 saturated heterocycles. The summed E-state index contributed by atoms with van der Waals surface area (Å²) in [5.41, 5.74) is 0. The van der Waals surface area contributed by atoms with Crippen molar-refractivity contribution in [3.63, 3.8) is 0 Å². The van der Waals surface area contributed by atoms with Crippen LogP contribution in [0.3, 0.4) is 0 Å². The summed E-state index contributed by atoms with van der Waals surface area (Å²) in [5, 5.41) is 18.5. The first kappa shape index (κ1) is 6.80. The monoisotopic (exact) mass is 117 g/mol. The van der Waals surface area contributed by atoms with E-state index in [-0.39, 0.29) is 0 Å². The van der Waals surface area contributed by atoms with E-state index in [0.717, 1.165) is 11.8 Å². The lowest BCUT2D eigenvalue weighted by atomic mass is 10.5. The molecule has 0 atom stereocenters. The van der Waals surface area contributed by atoms with Crippen LogP contribution in [0.4, 0.5) is 0 Å². The normalized spacial score (nSPS) is 10.6. The van der Waals surface area contributed by atoms with Gasteiger partial charge in [-0.1, -0.05) is 0 Å². The highest BCUT2D eigenvalue weighted by molar-refractivity contribution is 8.04. The van der Waals surface area contributed by atoms with Crippen molar-refractivity contribution < 1.29 is 5.11 Å². The molecule has 0 radical (unpaired) electrons. The van der Waals surface area contributed by atoms with Gasteiger partial charge >= 0.3 is 0 Å². The Hall–Kier alpha value is -0.200. The maximum absolute atomic E-state index is 8.76. The summed E-state index contributed by atoms with van der Waals surface area (Å²) in [5.74, 6) is 0. The van der Waals surface area contributed by atoms with Crippen LogP contribution in [0.2, 0.25) is 0 Å². The lowest BCUT2D eigenvalue weighted by Crippen LogP contribution is -2.10. The minimum atomic E-state index is -0.894. The quantitative estimate of drug-likeness (QED) is 0.410. The molecule has 0 saturated carbocycles. The number of hydrogen-bond acceptors (Lipinski definition) is 3. The maximum atomic E-state index is 8.76. The molecular weight excluding hydrogens is 110 g/mol. The van der Waals surface area contributed by atoms with E-state index in [4.69, 9.17) is 10.4 Å². The van der Waals surface area contributed by atoms with E-state index in [1.54, 1.807) is 19.2 Å². The van der Waals surface area contributed by atoms with Crippen LogP contribution in [-0.2, 0) is 0 Å². The Morgan fingerprint density at radius 3 is 2.14 bits per heavy atom. The molecule has 0 aromatic heterocycles. The third kappa shape index (κ3) is 5.80. The summed E-state index contributed by atoms with van der Waals surface area (Å²) < 4.78 is 0. The molecule has 0 heterocycles. The highest BCUT2D eigenvalue weighted by Crippen LogP contribution is 2.17. The second-order valence-electron chi connectivity index (χ2n) is 1.64. The molecule has 0 aliphatic heterocycles. The van der Waals surface area contributed by atoms with Crippen LogP contribution in [0.25, 0.3) is 0 Å². The van der Waals surface area contributed by atoms with Crippen molar-refractivity contribution in [1.82, 2.24) is 0 Å². The zero-order chi connectivity index (χ0) is 5.91. The first-order chi connectivity index (χ1) is 3.06. The molecule has 0 fully saturated rings. The number of thioether (sulfide) groups is 1. The van der Waals surface area contributed by atoms with Crippen molar-refractivity contribution in [2.24, 2.45) is 0 Å². The molecule has 0 aliphatic rings. The number of nitriles is 1. The van der Waals surface area contributed by atoms with Gasteiger partial charge in [-0.2, -0.15) is 5.26 Å². The second-order valence-corrected chi connectivity index (χ2v) is 3.03. The van der Waals surface area contributed by atoms with Crippen LogP contribution in [0, 0.1) is 10.7 Å². The van der Waals surface area contributed by atoms with Crippen LogP contribution in [0.15, 0.2) is 0 Å². The van der Waals surface area contributed by atoms with Crippen molar-refractivity contribution in [2.75, 3.05) is 0 Å². The van der Waals surface area contributed by atoms with E-state index >= 15 is 0 Å². The summed E-state index contributed by atoms with van der Waals surface area (Å²) in [6, 6.07) is 0. The molecule has 0 aromatic rings. The Bertz CT molecular complexity index is 88.8. The van der Waals surface area contributed by atoms with Gasteiger partial charge in [0.15, 0.2) is 0 Å². The third-order valence-corrected chi connectivity index (χ3v) is 0.886. The molecule has 3 heteroatoms. The third-order valence-electron chi connectivity index (χ3n) is 0.295. The van der Waals surface area contributed by atoms with Gasteiger partial charge in [-0.25, -0.2) is 0 Å². The fourth-order valence-electron chi connectivity index (χ4n) is 0.112. The van der Waals surface area contributed by atoms with E-state index in [0.29, 0.717) is 0 Å². The topological polar surface area (TPSA) is 44.0 Å². The lowest BCUT2D eigenvalue weighted by molar-refractivity contribution is 0.180. The highest BCUT2D eigenvalue weighted by atomic mass is 32.2. The molecule has 0 aliphatic carbocycles. The Balaban J connectivity index is 3.40. The fraction of sp³-hybridized carbons (Fsp3) is 0.750. The van der Waals surface area contributed by atoms with Gasteiger partial charge in [0.1, 0.15) is 10.3 Å². The van der Waals surface area contributed by atoms with E-state index in [1.807, 2.05) is 0 Å². The van der Waals surface area contributed by atoms with Gasteiger partial charge in [0, 0.05) is 0 Å². The molecule has 0 aromatic carbocycles. The van der Waals surface area contributed by atoms with Crippen LogP contribution < -0.4 is 0 Å². The fourth-order valence-corrected chi connectivity index (χ4v) is 0.335. The number of aliphatic hydroxyl groups is 1. The SMILES string of the molecule is CC(C)(O)SC#N. The molecule has 7 heavy (non-hydrogen) atoms. The zero-order valence-electron chi connectivity index (χ0n) is 4.30. The average molecular weight is 117 g/mol. The van der Waals surface area contributed by atoms with Crippen LogP contribution in [0.1, 0.15) is 13.8 Å². The molecule has 1 N–H and O–H groups in total. The summed E-state index contributed by atoms with van der Waals surface area (Å²) in [4.78, 5) is -0.894. The number of nitrogens with zero attached hydrogens (tertiary/aromatic N) is 1. The van der Waals surface area contributed by atoms with E-state index < -0.39 is 4.93 Å². The Morgan fingerprint density at radius 1 is 1.71 bits per heavy atom. The zero-order valence-corrected chi connectivity index (χ0v) is 5.12. The predicted molar refractivity (Wildman–Crippen MR) is 29.5 cm³/mol. The standard InChI is InChI=1S/C4H7NOS/c1-4(2,6)7-3-5/h6H,1-2H3. The molecule has 40 valence electrons. The molecule has 0 unspecified atom stereocenters. The summed E-state index contributed by atoms with van der Waals surface area (Å²) >= 11 is 0.850. The van der Waals surface area contributed by atoms with Gasteiger partial charge in [-0.05, 0) is 25.6 Å². The number of rotatable bonds is 1. The number of hydrogen-bond donors (Lipinski definition) is 1. The molecule has 0 bridgehead atoms. The van der Waals surface area contributed by atoms with Crippen LogP contribution in [0.5, 0.6) is 0 Å². The van der Waals surface area contributed by atoms with Crippen molar-refractivity contribution in [3.05, 3.63) is 0 Å². The molecular formula is C4H7NOS. The minimum Gasteiger partial charge on any atom is -0.379 e. The van der Waals surface area contributed by atoms with E-state index in [2.05, 4.69) is 0 Å². The maximum Gasteiger partial charge on any atom is 0.136 e. The summed E-state index contributed by atoms with van der Waals surface area (Å²) in [6.07, 6.45) is 0. The smallest absolute Gasteiger partial charge is 0.136 e. The van der Waals surface area contributed by atoms with Crippen molar-refractivity contribution >= 4 is 11.8 Å². The molecule has 0 rings (SSSR count). The first-order valence-corrected chi connectivity index (χ1v) is 2.67. The lowest BCUT2D eigenvalue weighted by Gasteiger charge is -2.08. The molecule has 0 spiro atoms. The summed E-state index contributed by atoms with van der Waals surface area (Å²) in [6.45, 7) is 3.14. The Morgan fingerprint density at radius 2 is 2.14 bits per heavy atom. The van der Waals surface area contributed by atoms with Crippen LogP contribution >= 0.6 is 11.8 Å².